The quantitative estimate of drug-likeness (QED) is 0.0422. The van der Waals surface area contributed by atoms with Crippen LogP contribution in [0.3, 0.4) is 0 Å². The minimum absolute atomic E-state index is 0.258. The van der Waals surface area contributed by atoms with Gasteiger partial charge in [-0.25, -0.2) is 4.79 Å². The Morgan fingerprint density at radius 3 is 1.39 bits per heavy atom. The minimum Gasteiger partial charge on any atom is -0.481 e. The molecule has 0 radical (unpaired) electrons. The topological polar surface area (TPSA) is 74.6 Å². The molecule has 0 aromatic heterocycles. The molecule has 0 saturated carbocycles. The van der Waals surface area contributed by atoms with Crippen molar-refractivity contribution in [3.63, 3.8) is 0 Å². The Balaban J connectivity index is 0. The lowest BCUT2D eigenvalue weighted by Crippen LogP contribution is -1.92. The number of carbonyl (C=O) groups is 2. The minimum atomic E-state index is -0.922. The summed E-state index contributed by atoms with van der Waals surface area (Å²) in [4.78, 5) is 20.5. The number of hydrogen-bond acceptors (Lipinski definition) is 2. The van der Waals surface area contributed by atoms with Gasteiger partial charge in [0.25, 0.3) is 0 Å². The van der Waals surface area contributed by atoms with E-state index < -0.39 is 11.9 Å². The summed E-state index contributed by atoms with van der Waals surface area (Å²) in [6.45, 7) is 4.40. The molecule has 0 bridgehead atoms. The van der Waals surface area contributed by atoms with Crippen molar-refractivity contribution < 1.29 is 19.8 Å². The fourth-order valence-corrected chi connectivity index (χ4v) is 3.88. The lowest BCUT2D eigenvalue weighted by molar-refractivity contribution is -0.137. The molecule has 0 heterocycles. The third-order valence-electron chi connectivity index (χ3n) is 6.32. The number of aliphatic carboxylic acids is 2. The summed E-state index contributed by atoms with van der Waals surface area (Å²) in [5.74, 6) is -1.64. The average Bonchev–Trinajstić information content (AvgIpc) is 3.00. The summed E-state index contributed by atoms with van der Waals surface area (Å²) in [5.41, 5.74) is 0. The zero-order chi connectivity index (χ0) is 32.6. The normalized spacial score (nSPS) is 12.6. The molecule has 0 saturated heterocycles. The van der Waals surface area contributed by atoms with E-state index in [1.54, 1.807) is 6.08 Å². The first kappa shape index (κ1) is 42.7. The molecule has 0 aliphatic heterocycles. The second-order valence-corrected chi connectivity index (χ2v) is 10.5. The number of hydrogen-bond donors (Lipinski definition) is 2. The molecular weight excluding hydrogens is 544 g/mol. The Hall–Kier alpha value is -3.40. The van der Waals surface area contributed by atoms with Crippen LogP contribution in [0.25, 0.3) is 0 Å². The van der Waals surface area contributed by atoms with E-state index >= 15 is 0 Å². The summed E-state index contributed by atoms with van der Waals surface area (Å²) in [7, 11) is 0. The molecule has 44 heavy (non-hydrogen) atoms. The van der Waals surface area contributed by atoms with E-state index in [0.717, 1.165) is 57.4 Å². The SMILES string of the molecule is CC/C=C\C/C=C\C/C=C\C/C=C\C/C=C\CCCC(=O)O.CCCCCCCCCCC/C=C/C=C/C=C/C=C/C(=O)O. The van der Waals surface area contributed by atoms with Gasteiger partial charge in [0.1, 0.15) is 0 Å². The largest absolute Gasteiger partial charge is 0.481 e. The van der Waals surface area contributed by atoms with Crippen molar-refractivity contribution in [2.24, 2.45) is 0 Å². The summed E-state index contributed by atoms with van der Waals surface area (Å²) in [6.07, 6.45) is 56.2. The van der Waals surface area contributed by atoms with Crippen LogP contribution >= 0.6 is 0 Å². The molecular formula is C40H62O4. The van der Waals surface area contributed by atoms with E-state index in [1.165, 1.54) is 63.9 Å². The van der Waals surface area contributed by atoms with Gasteiger partial charge < -0.3 is 10.2 Å². The molecule has 0 spiro atoms. The van der Waals surface area contributed by atoms with Gasteiger partial charge in [-0.15, -0.1) is 0 Å². The van der Waals surface area contributed by atoms with Crippen LogP contribution < -0.4 is 0 Å². The van der Waals surface area contributed by atoms with Crippen molar-refractivity contribution in [3.05, 3.63) is 109 Å². The van der Waals surface area contributed by atoms with Gasteiger partial charge in [-0.1, -0.05) is 169 Å². The molecule has 0 aromatic carbocycles. The molecule has 0 fully saturated rings. The Morgan fingerprint density at radius 1 is 0.455 bits per heavy atom. The van der Waals surface area contributed by atoms with Crippen LogP contribution in [0.5, 0.6) is 0 Å². The molecule has 0 atom stereocenters. The monoisotopic (exact) mass is 606 g/mol. The van der Waals surface area contributed by atoms with Crippen molar-refractivity contribution in [3.8, 4) is 0 Å². The highest BCUT2D eigenvalue weighted by Gasteiger charge is 1.93. The summed E-state index contributed by atoms with van der Waals surface area (Å²) < 4.78 is 0. The van der Waals surface area contributed by atoms with E-state index in [9.17, 15) is 9.59 Å². The molecule has 0 aliphatic rings. The summed E-state index contributed by atoms with van der Waals surface area (Å²) >= 11 is 0. The third kappa shape index (κ3) is 45.6. The zero-order valence-electron chi connectivity index (χ0n) is 27.8. The van der Waals surface area contributed by atoms with E-state index in [2.05, 4.69) is 86.8 Å². The first-order valence-electron chi connectivity index (χ1n) is 16.9. The molecule has 246 valence electrons. The molecule has 2 N–H and O–H groups in total. The predicted molar refractivity (Wildman–Crippen MR) is 192 cm³/mol. The van der Waals surface area contributed by atoms with Gasteiger partial charge in [-0.3, -0.25) is 4.79 Å². The number of rotatable bonds is 27. The molecule has 4 nitrogen and oxygen atoms in total. The van der Waals surface area contributed by atoms with Gasteiger partial charge in [-0.2, -0.15) is 0 Å². The number of carboxylic acids is 2. The van der Waals surface area contributed by atoms with Crippen molar-refractivity contribution in [1.29, 1.82) is 0 Å². The standard InChI is InChI=1S/C20H32O2.C20H30O2/c2*1-2-3-4-5-6-7-8-9-10-11-12-13-14-15-16-17-18-19-20(21)22/h12-19H,2-11H2,1H3,(H,21,22);3-4,6-7,9-10,12-13,15-16H,2,5,8,11,14,17-19H2,1H3,(H,21,22)/b13-12+,15-14+,17-16+,19-18+;4-3-,7-6-,10-9-,13-12-,16-15-. The van der Waals surface area contributed by atoms with Crippen LogP contribution in [0.4, 0.5) is 0 Å². The summed E-state index contributed by atoms with van der Waals surface area (Å²) in [5, 5.41) is 16.9. The smallest absolute Gasteiger partial charge is 0.328 e. The number of unbranched alkanes of at least 4 members (excludes halogenated alkanes) is 10. The molecule has 0 amide bonds. The first-order chi connectivity index (χ1) is 21.5. The second kappa shape index (κ2) is 39.6. The Morgan fingerprint density at radius 2 is 0.886 bits per heavy atom. The van der Waals surface area contributed by atoms with Gasteiger partial charge >= 0.3 is 11.9 Å². The van der Waals surface area contributed by atoms with Crippen molar-refractivity contribution >= 4 is 11.9 Å². The van der Waals surface area contributed by atoms with E-state index in [1.807, 2.05) is 18.2 Å². The number of allylic oxidation sites excluding steroid dienone is 17. The molecule has 0 aromatic rings. The van der Waals surface area contributed by atoms with Crippen LogP contribution in [-0.4, -0.2) is 22.2 Å². The molecule has 0 aliphatic carbocycles. The van der Waals surface area contributed by atoms with E-state index in [-0.39, 0.29) is 6.42 Å². The Kier molecular flexibility index (Phi) is 38.5. The predicted octanol–water partition coefficient (Wildman–Crippen LogP) is 12.2. The highest BCUT2D eigenvalue weighted by Crippen LogP contribution is 2.10. The third-order valence-corrected chi connectivity index (χ3v) is 6.32. The van der Waals surface area contributed by atoms with Gasteiger partial charge in [0.15, 0.2) is 0 Å². The van der Waals surface area contributed by atoms with Crippen molar-refractivity contribution in [1.82, 2.24) is 0 Å². The Bertz CT molecular complexity index is 910. The van der Waals surface area contributed by atoms with Crippen LogP contribution in [0.2, 0.25) is 0 Å². The van der Waals surface area contributed by atoms with Crippen LogP contribution in [0.1, 0.15) is 129 Å². The highest BCUT2D eigenvalue weighted by atomic mass is 16.4. The van der Waals surface area contributed by atoms with Crippen LogP contribution in [0.15, 0.2) is 109 Å². The van der Waals surface area contributed by atoms with Gasteiger partial charge in [0, 0.05) is 12.5 Å². The lowest BCUT2D eigenvalue weighted by atomic mass is 10.1. The lowest BCUT2D eigenvalue weighted by Gasteiger charge is -2.00. The van der Waals surface area contributed by atoms with Crippen molar-refractivity contribution in [2.45, 2.75) is 129 Å². The molecule has 0 rings (SSSR count). The van der Waals surface area contributed by atoms with E-state index in [4.69, 9.17) is 10.2 Å². The fraction of sp³-hybridized carbons (Fsp3) is 0.500. The van der Waals surface area contributed by atoms with Gasteiger partial charge in [0.2, 0.25) is 0 Å². The van der Waals surface area contributed by atoms with E-state index in [0.29, 0.717) is 0 Å². The summed E-state index contributed by atoms with van der Waals surface area (Å²) in [6, 6.07) is 0. The number of carboxylic acid groups (broad SMARTS) is 2. The highest BCUT2D eigenvalue weighted by molar-refractivity contribution is 5.80. The maximum atomic E-state index is 10.3. The van der Waals surface area contributed by atoms with Crippen molar-refractivity contribution in [2.75, 3.05) is 0 Å². The maximum Gasteiger partial charge on any atom is 0.328 e. The molecule has 0 unspecified atom stereocenters. The van der Waals surface area contributed by atoms with Crippen LogP contribution in [0, 0.1) is 0 Å². The zero-order valence-corrected chi connectivity index (χ0v) is 27.8. The molecule has 4 heteroatoms. The Labute approximate surface area is 270 Å². The fourth-order valence-electron chi connectivity index (χ4n) is 3.88. The van der Waals surface area contributed by atoms with Gasteiger partial charge in [-0.05, 0) is 57.8 Å². The van der Waals surface area contributed by atoms with Gasteiger partial charge in [0.05, 0.1) is 0 Å². The first-order valence-corrected chi connectivity index (χ1v) is 16.9. The average molecular weight is 607 g/mol. The maximum absolute atomic E-state index is 10.3. The van der Waals surface area contributed by atoms with Crippen LogP contribution in [-0.2, 0) is 9.59 Å². The second-order valence-electron chi connectivity index (χ2n) is 10.5.